The lowest BCUT2D eigenvalue weighted by molar-refractivity contribution is 0.267. The van der Waals surface area contributed by atoms with E-state index in [0.717, 1.165) is 0 Å². The van der Waals surface area contributed by atoms with Crippen LogP contribution in [0.25, 0.3) is 0 Å². The molecule has 72 valence electrons. The van der Waals surface area contributed by atoms with E-state index in [-0.39, 0.29) is 18.3 Å². The van der Waals surface area contributed by atoms with Crippen molar-refractivity contribution in [2.45, 2.75) is 5.92 Å². The van der Waals surface area contributed by atoms with Crippen LogP contribution in [0.15, 0.2) is 22.7 Å². The number of halogens is 2. The number of aliphatic hydroxyl groups is 1. The molecule has 2 nitrogen and oxygen atoms in total. The van der Waals surface area contributed by atoms with Gasteiger partial charge in [-0.2, -0.15) is 0 Å². The number of hydrogen-bond donors (Lipinski definition) is 2. The predicted octanol–water partition coefficient (Wildman–Crippen LogP) is 1.62. The summed E-state index contributed by atoms with van der Waals surface area (Å²) < 4.78 is 13.4. The summed E-state index contributed by atoms with van der Waals surface area (Å²) in [6, 6.07) is 4.72. The van der Waals surface area contributed by atoms with E-state index >= 15 is 0 Å². The molecule has 4 heteroatoms. The molecule has 1 aromatic carbocycles. The molecule has 0 saturated heterocycles. The van der Waals surface area contributed by atoms with Crippen LogP contribution in [-0.4, -0.2) is 18.3 Å². The minimum absolute atomic E-state index is 0.0709. The molecular weight excluding hydrogens is 237 g/mol. The summed E-state index contributed by atoms with van der Waals surface area (Å²) in [5, 5.41) is 8.97. The Hall–Kier alpha value is -0.450. The molecule has 0 aliphatic carbocycles. The molecule has 1 unspecified atom stereocenters. The highest BCUT2D eigenvalue weighted by molar-refractivity contribution is 9.10. The first kappa shape index (κ1) is 10.6. The molecule has 0 spiro atoms. The first-order valence-corrected chi connectivity index (χ1v) is 4.74. The molecule has 0 aliphatic heterocycles. The normalized spacial score (nSPS) is 12.9. The lowest BCUT2D eigenvalue weighted by atomic mass is 10.0. The van der Waals surface area contributed by atoms with Gasteiger partial charge in [-0.3, -0.25) is 0 Å². The SMILES string of the molecule is NCC(CO)c1cccc(F)c1Br. The van der Waals surface area contributed by atoms with Crippen LogP contribution in [0.5, 0.6) is 0 Å². The third kappa shape index (κ3) is 2.27. The van der Waals surface area contributed by atoms with Crippen LogP contribution in [0.3, 0.4) is 0 Å². The molecule has 0 bridgehead atoms. The summed E-state index contributed by atoms with van der Waals surface area (Å²) in [4.78, 5) is 0. The van der Waals surface area contributed by atoms with E-state index in [0.29, 0.717) is 16.6 Å². The highest BCUT2D eigenvalue weighted by atomic mass is 79.9. The lowest BCUT2D eigenvalue weighted by Gasteiger charge is -2.13. The molecule has 1 rings (SSSR count). The Morgan fingerprint density at radius 3 is 2.77 bits per heavy atom. The maximum Gasteiger partial charge on any atom is 0.137 e. The van der Waals surface area contributed by atoms with Gasteiger partial charge in [-0.05, 0) is 27.6 Å². The number of nitrogens with two attached hydrogens (primary N) is 1. The van der Waals surface area contributed by atoms with Gasteiger partial charge in [0.05, 0.1) is 11.1 Å². The molecule has 0 aliphatic rings. The maximum absolute atomic E-state index is 13.0. The van der Waals surface area contributed by atoms with E-state index in [2.05, 4.69) is 15.9 Å². The van der Waals surface area contributed by atoms with Gasteiger partial charge in [0, 0.05) is 12.5 Å². The molecule has 1 atom stereocenters. The Morgan fingerprint density at radius 1 is 1.54 bits per heavy atom. The van der Waals surface area contributed by atoms with Crippen LogP contribution in [0.1, 0.15) is 11.5 Å². The highest BCUT2D eigenvalue weighted by Gasteiger charge is 2.13. The minimum Gasteiger partial charge on any atom is -0.396 e. The number of hydrogen-bond acceptors (Lipinski definition) is 2. The molecule has 1 aromatic rings. The Balaban J connectivity index is 3.05. The predicted molar refractivity (Wildman–Crippen MR) is 53.0 cm³/mol. The van der Waals surface area contributed by atoms with Gasteiger partial charge >= 0.3 is 0 Å². The van der Waals surface area contributed by atoms with Gasteiger partial charge in [-0.15, -0.1) is 0 Å². The number of rotatable bonds is 3. The summed E-state index contributed by atoms with van der Waals surface area (Å²) in [5.41, 5.74) is 6.14. The fraction of sp³-hybridized carbons (Fsp3) is 0.333. The zero-order valence-electron chi connectivity index (χ0n) is 7.00. The Labute approximate surface area is 84.7 Å². The van der Waals surface area contributed by atoms with Gasteiger partial charge in [0.2, 0.25) is 0 Å². The zero-order chi connectivity index (χ0) is 9.84. The molecule has 13 heavy (non-hydrogen) atoms. The third-order valence-corrected chi connectivity index (χ3v) is 2.76. The van der Waals surface area contributed by atoms with Crippen molar-refractivity contribution in [3.63, 3.8) is 0 Å². The highest BCUT2D eigenvalue weighted by Crippen LogP contribution is 2.26. The van der Waals surface area contributed by atoms with E-state index in [9.17, 15) is 4.39 Å². The largest absolute Gasteiger partial charge is 0.396 e. The fourth-order valence-electron chi connectivity index (χ4n) is 1.14. The van der Waals surface area contributed by atoms with Crippen LogP contribution in [-0.2, 0) is 0 Å². The summed E-state index contributed by atoms with van der Waals surface area (Å²) in [5.74, 6) is -0.533. The summed E-state index contributed by atoms with van der Waals surface area (Å²) in [6.45, 7) is 0.233. The molecule has 0 heterocycles. The zero-order valence-corrected chi connectivity index (χ0v) is 8.59. The Kier molecular flexibility index (Phi) is 3.84. The van der Waals surface area contributed by atoms with E-state index in [1.54, 1.807) is 12.1 Å². The van der Waals surface area contributed by atoms with Gasteiger partial charge in [0.25, 0.3) is 0 Å². The standard InChI is InChI=1S/C9H11BrFNO/c10-9-7(6(4-12)5-13)2-1-3-8(9)11/h1-3,6,13H,4-5,12H2. The van der Waals surface area contributed by atoms with Crippen molar-refractivity contribution >= 4 is 15.9 Å². The van der Waals surface area contributed by atoms with Crippen LogP contribution < -0.4 is 5.73 Å². The quantitative estimate of drug-likeness (QED) is 0.853. The van der Waals surface area contributed by atoms with Crippen molar-refractivity contribution in [3.8, 4) is 0 Å². The van der Waals surface area contributed by atoms with Gasteiger partial charge in [0.15, 0.2) is 0 Å². The van der Waals surface area contributed by atoms with Crippen molar-refractivity contribution in [1.82, 2.24) is 0 Å². The first-order chi connectivity index (χ1) is 6.20. The second kappa shape index (κ2) is 4.69. The van der Waals surface area contributed by atoms with Crippen molar-refractivity contribution in [2.24, 2.45) is 5.73 Å². The second-order valence-corrected chi connectivity index (χ2v) is 3.55. The van der Waals surface area contributed by atoms with E-state index in [1.807, 2.05) is 0 Å². The first-order valence-electron chi connectivity index (χ1n) is 3.95. The summed E-state index contributed by atoms with van der Waals surface area (Å²) >= 11 is 3.12. The average Bonchev–Trinajstić information content (AvgIpc) is 2.14. The average molecular weight is 248 g/mol. The topological polar surface area (TPSA) is 46.2 Å². The monoisotopic (exact) mass is 247 g/mol. The molecule has 0 aromatic heterocycles. The van der Waals surface area contributed by atoms with Gasteiger partial charge in [-0.25, -0.2) is 4.39 Å². The molecule has 3 N–H and O–H groups in total. The van der Waals surface area contributed by atoms with Crippen LogP contribution in [0, 0.1) is 5.82 Å². The second-order valence-electron chi connectivity index (χ2n) is 2.76. The van der Waals surface area contributed by atoms with Crippen LogP contribution in [0.2, 0.25) is 0 Å². The van der Waals surface area contributed by atoms with Crippen molar-refractivity contribution in [2.75, 3.05) is 13.2 Å². The van der Waals surface area contributed by atoms with Crippen molar-refractivity contribution in [3.05, 3.63) is 34.1 Å². The fourth-order valence-corrected chi connectivity index (χ4v) is 1.72. The summed E-state index contributed by atoms with van der Waals surface area (Å²) in [7, 11) is 0. The minimum atomic E-state index is -0.329. The third-order valence-electron chi connectivity index (χ3n) is 1.93. The molecular formula is C9H11BrFNO. The molecule has 0 radical (unpaired) electrons. The maximum atomic E-state index is 13.0. The number of aliphatic hydroxyl groups excluding tert-OH is 1. The molecule has 0 saturated carbocycles. The van der Waals surface area contributed by atoms with Crippen LogP contribution in [0.4, 0.5) is 4.39 Å². The Morgan fingerprint density at radius 2 is 2.23 bits per heavy atom. The van der Waals surface area contributed by atoms with Crippen molar-refractivity contribution in [1.29, 1.82) is 0 Å². The molecule has 0 amide bonds. The van der Waals surface area contributed by atoms with Gasteiger partial charge in [0.1, 0.15) is 5.82 Å². The van der Waals surface area contributed by atoms with E-state index in [4.69, 9.17) is 10.8 Å². The van der Waals surface area contributed by atoms with Gasteiger partial charge in [-0.1, -0.05) is 12.1 Å². The summed E-state index contributed by atoms with van der Waals surface area (Å²) in [6.07, 6.45) is 0. The smallest absolute Gasteiger partial charge is 0.137 e. The Bertz CT molecular complexity index is 289. The van der Waals surface area contributed by atoms with Crippen molar-refractivity contribution < 1.29 is 9.50 Å². The lowest BCUT2D eigenvalue weighted by Crippen LogP contribution is -2.16. The van der Waals surface area contributed by atoms with Crippen LogP contribution >= 0.6 is 15.9 Å². The van der Waals surface area contributed by atoms with E-state index in [1.165, 1.54) is 6.07 Å². The molecule has 0 fully saturated rings. The number of benzene rings is 1. The van der Waals surface area contributed by atoms with E-state index < -0.39 is 0 Å². The van der Waals surface area contributed by atoms with Gasteiger partial charge < -0.3 is 10.8 Å².